The van der Waals surface area contributed by atoms with Gasteiger partial charge in [-0.1, -0.05) is 44.2 Å². The predicted molar refractivity (Wildman–Crippen MR) is 131 cm³/mol. The summed E-state index contributed by atoms with van der Waals surface area (Å²) in [5.41, 5.74) is 6.80. The zero-order valence-corrected chi connectivity index (χ0v) is 19.9. The number of nitrogens with zero attached hydrogens (tertiary/aromatic N) is 2. The second-order valence-corrected chi connectivity index (χ2v) is 9.66. The van der Waals surface area contributed by atoms with Crippen molar-refractivity contribution in [3.8, 4) is 11.3 Å². The van der Waals surface area contributed by atoms with E-state index in [0.29, 0.717) is 18.2 Å². The van der Waals surface area contributed by atoms with Crippen LogP contribution in [0.5, 0.6) is 0 Å². The zero-order valence-electron chi connectivity index (χ0n) is 17.8. The standard InChI is InChI=1S/C25H26IN3O2/c1-15(2)11-22-25(29-23(31)13-16-3-7-19(26)8-4-16)28-21-10-6-18-12-17(14-30)5-9-20(18)24(21)27-22/h3-5,7-9,12,15,30H,6,10-11,13-14H2,1-2H3,(H,28,29,31). The molecule has 1 aliphatic rings. The Balaban J connectivity index is 1.65. The first-order chi connectivity index (χ1) is 14.9. The van der Waals surface area contributed by atoms with Gasteiger partial charge in [-0.05, 0) is 76.6 Å². The van der Waals surface area contributed by atoms with E-state index >= 15 is 0 Å². The third-order valence-electron chi connectivity index (χ3n) is 5.42. The van der Waals surface area contributed by atoms with Crippen molar-refractivity contribution in [2.24, 2.45) is 5.92 Å². The predicted octanol–water partition coefficient (Wildman–Crippen LogP) is 4.72. The molecule has 1 aromatic heterocycles. The topological polar surface area (TPSA) is 75.1 Å². The third kappa shape index (κ3) is 5.13. The van der Waals surface area contributed by atoms with Gasteiger partial charge in [0.05, 0.1) is 30.1 Å². The molecule has 5 nitrogen and oxygen atoms in total. The average molecular weight is 527 g/mol. The fourth-order valence-electron chi connectivity index (χ4n) is 3.92. The van der Waals surface area contributed by atoms with Crippen molar-refractivity contribution in [3.05, 3.63) is 74.1 Å². The number of halogens is 1. The molecule has 0 fully saturated rings. The minimum atomic E-state index is -0.0794. The molecular weight excluding hydrogens is 501 g/mol. The van der Waals surface area contributed by atoms with Crippen molar-refractivity contribution in [3.63, 3.8) is 0 Å². The van der Waals surface area contributed by atoms with Gasteiger partial charge >= 0.3 is 0 Å². The van der Waals surface area contributed by atoms with Crippen LogP contribution in [0, 0.1) is 9.49 Å². The molecule has 3 aromatic rings. The fraction of sp³-hybridized carbons (Fsp3) is 0.320. The molecule has 0 aliphatic heterocycles. The van der Waals surface area contributed by atoms with Gasteiger partial charge in [0.1, 0.15) is 0 Å². The highest BCUT2D eigenvalue weighted by Gasteiger charge is 2.23. The van der Waals surface area contributed by atoms with E-state index in [1.54, 1.807) is 0 Å². The minimum Gasteiger partial charge on any atom is -0.392 e. The number of rotatable bonds is 6. The van der Waals surface area contributed by atoms with Crippen molar-refractivity contribution < 1.29 is 9.90 Å². The van der Waals surface area contributed by atoms with Gasteiger partial charge in [0.2, 0.25) is 5.91 Å². The van der Waals surface area contributed by atoms with Gasteiger partial charge in [-0.3, -0.25) is 4.79 Å². The molecule has 160 valence electrons. The summed E-state index contributed by atoms with van der Waals surface area (Å²) in [6.45, 7) is 4.32. The largest absolute Gasteiger partial charge is 0.392 e. The number of aliphatic hydroxyl groups is 1. The number of anilines is 1. The lowest BCUT2D eigenvalue weighted by Gasteiger charge is -2.22. The normalized spacial score (nSPS) is 12.4. The lowest BCUT2D eigenvalue weighted by atomic mass is 9.90. The molecule has 6 heteroatoms. The van der Waals surface area contributed by atoms with Crippen molar-refractivity contribution in [1.82, 2.24) is 9.97 Å². The van der Waals surface area contributed by atoms with Crippen LogP contribution >= 0.6 is 22.6 Å². The van der Waals surface area contributed by atoms with E-state index in [1.807, 2.05) is 36.4 Å². The van der Waals surface area contributed by atoms with Gasteiger partial charge in [-0.2, -0.15) is 0 Å². The Morgan fingerprint density at radius 1 is 1.10 bits per heavy atom. The minimum absolute atomic E-state index is 0.0376. The number of aliphatic hydroxyl groups excluding tert-OH is 1. The van der Waals surface area contributed by atoms with E-state index in [9.17, 15) is 9.90 Å². The maximum absolute atomic E-state index is 12.7. The molecule has 1 heterocycles. The summed E-state index contributed by atoms with van der Waals surface area (Å²) in [4.78, 5) is 22.6. The van der Waals surface area contributed by atoms with E-state index in [1.165, 1.54) is 5.56 Å². The summed E-state index contributed by atoms with van der Waals surface area (Å²) in [5, 5.41) is 12.5. The molecule has 0 atom stereocenters. The Kier molecular flexibility index (Phi) is 6.67. The number of fused-ring (bicyclic) bond motifs is 3. The number of hydrogen-bond acceptors (Lipinski definition) is 4. The van der Waals surface area contributed by atoms with Crippen molar-refractivity contribution in [2.45, 2.75) is 46.1 Å². The number of amides is 1. The van der Waals surface area contributed by atoms with Crippen LogP contribution in [-0.2, 0) is 37.1 Å². The van der Waals surface area contributed by atoms with E-state index in [4.69, 9.17) is 9.97 Å². The number of benzene rings is 2. The van der Waals surface area contributed by atoms with E-state index < -0.39 is 0 Å². The molecule has 0 spiro atoms. The Labute approximate surface area is 196 Å². The Bertz CT molecular complexity index is 1110. The lowest BCUT2D eigenvalue weighted by Crippen LogP contribution is -2.20. The monoisotopic (exact) mass is 527 g/mol. The van der Waals surface area contributed by atoms with Crippen LogP contribution in [0.15, 0.2) is 42.5 Å². The molecule has 2 N–H and O–H groups in total. The van der Waals surface area contributed by atoms with Crippen LogP contribution in [-0.4, -0.2) is 21.0 Å². The molecule has 0 unspecified atom stereocenters. The number of carbonyl (C=O) groups excluding carboxylic acids is 1. The molecule has 1 amide bonds. The first-order valence-corrected chi connectivity index (χ1v) is 11.7. The average Bonchev–Trinajstić information content (AvgIpc) is 2.75. The molecule has 2 aromatic carbocycles. The maximum Gasteiger partial charge on any atom is 0.229 e. The van der Waals surface area contributed by atoms with Gasteiger partial charge in [0.25, 0.3) is 0 Å². The summed E-state index contributed by atoms with van der Waals surface area (Å²) in [7, 11) is 0. The lowest BCUT2D eigenvalue weighted by molar-refractivity contribution is -0.115. The highest BCUT2D eigenvalue weighted by atomic mass is 127. The quantitative estimate of drug-likeness (QED) is 0.455. The summed E-state index contributed by atoms with van der Waals surface area (Å²) < 4.78 is 1.15. The van der Waals surface area contributed by atoms with Crippen LogP contribution in [0.25, 0.3) is 11.3 Å². The maximum atomic E-state index is 12.7. The van der Waals surface area contributed by atoms with Crippen LogP contribution < -0.4 is 5.32 Å². The highest BCUT2D eigenvalue weighted by molar-refractivity contribution is 14.1. The van der Waals surface area contributed by atoms with Crippen LogP contribution in [0.3, 0.4) is 0 Å². The van der Waals surface area contributed by atoms with Crippen molar-refractivity contribution in [2.75, 3.05) is 5.32 Å². The van der Waals surface area contributed by atoms with E-state index in [2.05, 4.69) is 47.8 Å². The summed E-state index contributed by atoms with van der Waals surface area (Å²) in [5.74, 6) is 0.890. The molecule has 0 saturated heterocycles. The van der Waals surface area contributed by atoms with E-state index in [0.717, 1.165) is 56.6 Å². The second kappa shape index (κ2) is 9.44. The van der Waals surface area contributed by atoms with Crippen molar-refractivity contribution in [1.29, 1.82) is 0 Å². The zero-order chi connectivity index (χ0) is 22.0. The fourth-order valence-corrected chi connectivity index (χ4v) is 4.28. The van der Waals surface area contributed by atoms with Crippen LogP contribution in [0.1, 0.15) is 41.9 Å². The first kappa shape index (κ1) is 21.9. The summed E-state index contributed by atoms with van der Waals surface area (Å²) in [6, 6.07) is 14.0. The van der Waals surface area contributed by atoms with Gasteiger partial charge in [0, 0.05) is 9.13 Å². The number of aromatic nitrogens is 2. The molecule has 0 saturated carbocycles. The summed E-state index contributed by atoms with van der Waals surface area (Å²) >= 11 is 2.26. The molecule has 4 rings (SSSR count). The van der Waals surface area contributed by atoms with Crippen molar-refractivity contribution >= 4 is 34.3 Å². The Hall–Kier alpha value is -2.32. The molecular formula is C25H26IN3O2. The number of aryl methyl sites for hydroxylation is 2. The number of hydrogen-bond donors (Lipinski definition) is 2. The van der Waals surface area contributed by atoms with Crippen LogP contribution in [0.2, 0.25) is 0 Å². The second-order valence-electron chi connectivity index (χ2n) is 8.41. The van der Waals surface area contributed by atoms with Gasteiger partial charge < -0.3 is 10.4 Å². The summed E-state index contributed by atoms with van der Waals surface area (Å²) in [6.07, 6.45) is 2.67. The molecule has 0 radical (unpaired) electrons. The smallest absolute Gasteiger partial charge is 0.229 e. The number of carbonyl (C=O) groups is 1. The molecule has 0 bridgehead atoms. The first-order valence-electron chi connectivity index (χ1n) is 10.6. The van der Waals surface area contributed by atoms with Gasteiger partial charge in [-0.15, -0.1) is 0 Å². The SMILES string of the molecule is CC(C)Cc1nc2c(nc1NC(=O)Cc1ccc(I)cc1)CCc1cc(CO)ccc1-2. The number of nitrogens with one attached hydrogen (secondary N) is 1. The third-order valence-corrected chi connectivity index (χ3v) is 6.14. The highest BCUT2D eigenvalue weighted by Crippen LogP contribution is 2.34. The Morgan fingerprint density at radius 3 is 2.55 bits per heavy atom. The van der Waals surface area contributed by atoms with E-state index in [-0.39, 0.29) is 12.5 Å². The molecule has 31 heavy (non-hydrogen) atoms. The van der Waals surface area contributed by atoms with Crippen LogP contribution in [0.4, 0.5) is 5.82 Å². The molecule has 1 aliphatic carbocycles. The van der Waals surface area contributed by atoms with Gasteiger partial charge in [-0.25, -0.2) is 9.97 Å². The Morgan fingerprint density at radius 2 is 1.84 bits per heavy atom. The van der Waals surface area contributed by atoms with Gasteiger partial charge in [0.15, 0.2) is 5.82 Å².